The summed E-state index contributed by atoms with van der Waals surface area (Å²) in [4.78, 5) is 15.1. The lowest BCUT2D eigenvalue weighted by Crippen LogP contribution is -2.29. The van der Waals surface area contributed by atoms with Crippen LogP contribution in [0.2, 0.25) is 5.02 Å². The summed E-state index contributed by atoms with van der Waals surface area (Å²) in [5.74, 6) is 2.47. The van der Waals surface area contributed by atoms with Gasteiger partial charge in [0.25, 0.3) is 0 Å². The summed E-state index contributed by atoms with van der Waals surface area (Å²) >= 11 is 6.13. The Morgan fingerprint density at radius 3 is 2.46 bits per heavy atom. The number of rotatable bonds is 3. The normalized spacial score (nSPS) is 15.9. The third-order valence-corrected chi connectivity index (χ3v) is 4.47. The Hall–Kier alpha value is -1.46. The molecule has 3 heterocycles. The van der Waals surface area contributed by atoms with E-state index in [2.05, 4.69) is 40.7 Å². The van der Waals surface area contributed by atoms with E-state index in [1.807, 2.05) is 6.92 Å². The molecule has 2 aromatic rings. The lowest BCUT2D eigenvalue weighted by atomic mass is 9.97. The second kappa shape index (κ2) is 9.14. The first kappa shape index (κ1) is 18.9. The van der Waals surface area contributed by atoms with Gasteiger partial charge in [-0.1, -0.05) is 38.3 Å². The third-order valence-electron chi connectivity index (χ3n) is 4.19. The fourth-order valence-corrected chi connectivity index (χ4v) is 2.65. The molecule has 0 spiro atoms. The standard InChI is InChI=1S/C14H17ClN4O.C4H10/c1-9-16-7-11(15)13(18-9)12-8-17-14(20-12)10-3-5-19(2)6-4-10;1-3-4-2/h7-8,10H,3-6H2,1-2H3;3-4H2,1-2H3. The summed E-state index contributed by atoms with van der Waals surface area (Å²) in [6, 6.07) is 0. The van der Waals surface area contributed by atoms with E-state index in [0.717, 1.165) is 31.8 Å². The number of nitrogens with zero attached hydrogens (tertiary/aromatic N) is 4. The first-order valence-corrected chi connectivity index (χ1v) is 9.06. The molecule has 1 fully saturated rings. The lowest BCUT2D eigenvalue weighted by Gasteiger charge is -2.26. The van der Waals surface area contributed by atoms with Crippen LogP contribution < -0.4 is 0 Å². The van der Waals surface area contributed by atoms with Crippen LogP contribution in [0, 0.1) is 6.92 Å². The molecule has 2 aromatic heterocycles. The summed E-state index contributed by atoms with van der Waals surface area (Å²) in [6.07, 6.45) is 8.10. The zero-order chi connectivity index (χ0) is 17.5. The molecule has 6 heteroatoms. The molecule has 0 amide bonds. The molecular formula is C18H27ClN4O. The Labute approximate surface area is 149 Å². The summed E-state index contributed by atoms with van der Waals surface area (Å²) < 4.78 is 5.88. The zero-order valence-electron chi connectivity index (χ0n) is 15.0. The van der Waals surface area contributed by atoms with Crippen LogP contribution in [-0.2, 0) is 0 Å². The van der Waals surface area contributed by atoms with E-state index in [0.29, 0.717) is 28.2 Å². The second-order valence-corrected chi connectivity index (χ2v) is 6.66. The molecule has 0 unspecified atom stereocenters. The van der Waals surface area contributed by atoms with Gasteiger partial charge < -0.3 is 9.32 Å². The molecule has 132 valence electrons. The van der Waals surface area contributed by atoms with Gasteiger partial charge in [0.05, 0.1) is 11.2 Å². The summed E-state index contributed by atoms with van der Waals surface area (Å²) in [5, 5.41) is 0.488. The zero-order valence-corrected chi connectivity index (χ0v) is 15.8. The number of aromatic nitrogens is 3. The Morgan fingerprint density at radius 1 is 1.17 bits per heavy atom. The highest BCUT2D eigenvalue weighted by Crippen LogP contribution is 2.31. The molecular weight excluding hydrogens is 324 g/mol. The van der Waals surface area contributed by atoms with E-state index in [9.17, 15) is 0 Å². The average molecular weight is 351 g/mol. The number of likely N-dealkylation sites (tertiary alicyclic amines) is 1. The molecule has 24 heavy (non-hydrogen) atoms. The molecule has 0 bridgehead atoms. The van der Waals surface area contributed by atoms with Crippen molar-refractivity contribution in [3.8, 4) is 11.5 Å². The highest BCUT2D eigenvalue weighted by atomic mass is 35.5. The number of halogens is 1. The number of hydrogen-bond acceptors (Lipinski definition) is 5. The molecule has 3 rings (SSSR count). The van der Waals surface area contributed by atoms with Crippen LogP contribution in [-0.4, -0.2) is 40.0 Å². The summed E-state index contributed by atoms with van der Waals surface area (Å²) in [5.41, 5.74) is 0.617. The third kappa shape index (κ3) is 5.02. The smallest absolute Gasteiger partial charge is 0.198 e. The van der Waals surface area contributed by atoms with E-state index in [-0.39, 0.29) is 0 Å². The minimum Gasteiger partial charge on any atom is -0.439 e. The van der Waals surface area contributed by atoms with Crippen LogP contribution in [0.15, 0.2) is 16.8 Å². The molecule has 5 nitrogen and oxygen atoms in total. The van der Waals surface area contributed by atoms with Crippen molar-refractivity contribution in [1.29, 1.82) is 0 Å². The maximum Gasteiger partial charge on any atom is 0.198 e. The highest BCUT2D eigenvalue weighted by Gasteiger charge is 2.23. The lowest BCUT2D eigenvalue weighted by molar-refractivity contribution is 0.238. The Balaban J connectivity index is 0.000000471. The Morgan fingerprint density at radius 2 is 1.83 bits per heavy atom. The van der Waals surface area contributed by atoms with Crippen LogP contribution in [0.1, 0.15) is 57.2 Å². The van der Waals surface area contributed by atoms with E-state index in [1.165, 1.54) is 12.8 Å². The first-order valence-electron chi connectivity index (χ1n) is 8.68. The van der Waals surface area contributed by atoms with Gasteiger partial charge >= 0.3 is 0 Å². The highest BCUT2D eigenvalue weighted by molar-refractivity contribution is 6.32. The molecule has 0 saturated carbocycles. The topological polar surface area (TPSA) is 55.1 Å². The fraction of sp³-hybridized carbons (Fsp3) is 0.611. The van der Waals surface area contributed by atoms with Crippen LogP contribution in [0.4, 0.5) is 0 Å². The van der Waals surface area contributed by atoms with E-state index in [4.69, 9.17) is 16.0 Å². The van der Waals surface area contributed by atoms with Gasteiger partial charge in [0.15, 0.2) is 11.7 Å². The van der Waals surface area contributed by atoms with Crippen molar-refractivity contribution in [2.24, 2.45) is 0 Å². The molecule has 0 radical (unpaired) electrons. The maximum atomic E-state index is 6.13. The van der Waals surface area contributed by atoms with Crippen molar-refractivity contribution in [1.82, 2.24) is 19.9 Å². The van der Waals surface area contributed by atoms with Crippen molar-refractivity contribution in [3.05, 3.63) is 29.1 Å². The van der Waals surface area contributed by atoms with Gasteiger partial charge in [0.2, 0.25) is 0 Å². The first-order chi connectivity index (χ1) is 11.5. The van der Waals surface area contributed by atoms with Gasteiger partial charge in [-0.2, -0.15) is 0 Å². The van der Waals surface area contributed by atoms with Gasteiger partial charge in [-0.25, -0.2) is 15.0 Å². The molecule has 0 atom stereocenters. The molecule has 0 N–H and O–H groups in total. The number of piperidine rings is 1. The molecule has 1 saturated heterocycles. The predicted octanol–water partition coefficient (Wildman–Crippen LogP) is 4.71. The van der Waals surface area contributed by atoms with Gasteiger partial charge in [-0.3, -0.25) is 0 Å². The largest absolute Gasteiger partial charge is 0.439 e. The van der Waals surface area contributed by atoms with Crippen molar-refractivity contribution in [2.45, 2.75) is 52.4 Å². The van der Waals surface area contributed by atoms with E-state index < -0.39 is 0 Å². The summed E-state index contributed by atoms with van der Waals surface area (Å²) in [6.45, 7) is 8.35. The average Bonchev–Trinajstić information content (AvgIpc) is 3.08. The van der Waals surface area contributed by atoms with Crippen molar-refractivity contribution in [2.75, 3.05) is 20.1 Å². The van der Waals surface area contributed by atoms with E-state index >= 15 is 0 Å². The predicted molar refractivity (Wildman–Crippen MR) is 97.3 cm³/mol. The maximum absolute atomic E-state index is 6.13. The number of unbranched alkanes of at least 4 members (excludes halogenated alkanes) is 1. The van der Waals surface area contributed by atoms with Crippen molar-refractivity contribution < 1.29 is 4.42 Å². The van der Waals surface area contributed by atoms with Gasteiger partial charge in [0, 0.05) is 12.1 Å². The molecule has 1 aliphatic rings. The van der Waals surface area contributed by atoms with Gasteiger partial charge in [-0.05, 0) is 39.9 Å². The number of hydrogen-bond donors (Lipinski definition) is 0. The second-order valence-electron chi connectivity index (χ2n) is 6.25. The van der Waals surface area contributed by atoms with Crippen molar-refractivity contribution >= 4 is 11.6 Å². The SMILES string of the molecule is CCCC.Cc1ncc(Cl)c(-c2cnc(C3CCN(C)CC3)o2)n1. The van der Waals surface area contributed by atoms with Gasteiger partial charge in [-0.15, -0.1) is 0 Å². The van der Waals surface area contributed by atoms with Gasteiger partial charge in [0.1, 0.15) is 11.5 Å². The van der Waals surface area contributed by atoms with Crippen LogP contribution in [0.3, 0.4) is 0 Å². The minimum atomic E-state index is 0.390. The Bertz CT molecular complexity index is 634. The van der Waals surface area contributed by atoms with Crippen molar-refractivity contribution in [3.63, 3.8) is 0 Å². The van der Waals surface area contributed by atoms with E-state index in [1.54, 1.807) is 12.4 Å². The van der Waals surface area contributed by atoms with Crippen LogP contribution >= 0.6 is 11.6 Å². The quantitative estimate of drug-likeness (QED) is 0.802. The van der Waals surface area contributed by atoms with Crippen LogP contribution in [0.25, 0.3) is 11.5 Å². The monoisotopic (exact) mass is 350 g/mol. The molecule has 0 aromatic carbocycles. The Kier molecular flexibility index (Phi) is 7.18. The molecule has 0 aliphatic carbocycles. The number of oxazole rings is 1. The minimum absolute atomic E-state index is 0.390. The fourth-order valence-electron chi connectivity index (χ4n) is 2.47. The number of aryl methyl sites for hydroxylation is 1. The van der Waals surface area contributed by atoms with Crippen LogP contribution in [0.5, 0.6) is 0 Å². The molecule has 1 aliphatic heterocycles. The summed E-state index contributed by atoms with van der Waals surface area (Å²) in [7, 11) is 2.14.